The highest BCUT2D eigenvalue weighted by Crippen LogP contribution is 2.28. The molecule has 0 radical (unpaired) electrons. The minimum Gasteiger partial charge on any atom is -0.383 e. The van der Waals surface area contributed by atoms with E-state index in [1.807, 2.05) is 24.3 Å². The summed E-state index contributed by atoms with van der Waals surface area (Å²) in [6.07, 6.45) is 0.851. The van der Waals surface area contributed by atoms with Crippen LogP contribution in [0.5, 0.6) is 0 Å². The Morgan fingerprint density at radius 3 is 2.85 bits per heavy atom. The number of fused-ring (bicyclic) bond motifs is 1. The molecule has 1 aliphatic heterocycles. The predicted molar refractivity (Wildman–Crippen MR) is 76.1 cm³/mol. The predicted octanol–water partition coefficient (Wildman–Crippen LogP) is 1.23. The van der Waals surface area contributed by atoms with Crippen LogP contribution in [-0.2, 0) is 0 Å². The zero-order valence-electron chi connectivity index (χ0n) is 10.8. The van der Waals surface area contributed by atoms with Gasteiger partial charge in [-0.25, -0.2) is 5.10 Å². The quantitative estimate of drug-likeness (QED) is 0.817. The summed E-state index contributed by atoms with van der Waals surface area (Å²) in [6, 6.07) is 10.4. The van der Waals surface area contributed by atoms with Gasteiger partial charge >= 0.3 is 0 Å². The summed E-state index contributed by atoms with van der Waals surface area (Å²) in [5.41, 5.74) is 1.69. The van der Waals surface area contributed by atoms with Gasteiger partial charge in [0.15, 0.2) is 0 Å². The lowest BCUT2D eigenvalue weighted by Crippen LogP contribution is -2.32. The molecule has 0 atom stereocenters. The van der Waals surface area contributed by atoms with Crippen molar-refractivity contribution >= 4 is 17.3 Å². The van der Waals surface area contributed by atoms with E-state index in [4.69, 9.17) is 0 Å². The van der Waals surface area contributed by atoms with Crippen molar-refractivity contribution in [3.8, 4) is 0 Å². The van der Waals surface area contributed by atoms with Crippen molar-refractivity contribution in [3.05, 3.63) is 52.4 Å². The first-order valence-corrected chi connectivity index (χ1v) is 6.46. The Morgan fingerprint density at radius 2 is 2.05 bits per heavy atom. The fourth-order valence-electron chi connectivity index (χ4n) is 2.25. The molecule has 2 heterocycles. The fourth-order valence-corrected chi connectivity index (χ4v) is 2.25. The van der Waals surface area contributed by atoms with Crippen molar-refractivity contribution in [3.63, 3.8) is 0 Å². The normalized spacial score (nSPS) is 14.1. The van der Waals surface area contributed by atoms with Crippen LogP contribution >= 0.6 is 0 Å². The summed E-state index contributed by atoms with van der Waals surface area (Å²) in [7, 11) is 0. The highest BCUT2D eigenvalue weighted by Gasteiger charge is 2.22. The van der Waals surface area contributed by atoms with E-state index in [2.05, 4.69) is 15.5 Å². The smallest absolute Gasteiger partial charge is 0.278 e. The number of nitrogens with zero attached hydrogens (tertiary/aromatic N) is 2. The van der Waals surface area contributed by atoms with Crippen molar-refractivity contribution in [1.29, 1.82) is 0 Å². The van der Waals surface area contributed by atoms with Crippen LogP contribution in [0.4, 0.5) is 11.4 Å². The van der Waals surface area contributed by atoms with Crippen molar-refractivity contribution < 1.29 is 4.79 Å². The molecule has 0 saturated carbocycles. The summed E-state index contributed by atoms with van der Waals surface area (Å²) < 4.78 is 0. The standard InChI is InChI=1S/C14H14N4O2/c19-13-7-6-11(16-17-13)14(20)18-9-3-8-15-10-4-1-2-5-12(10)18/h1-2,4-7,15H,3,8-9H2,(H,17,19). The molecule has 6 nitrogen and oxygen atoms in total. The summed E-state index contributed by atoms with van der Waals surface area (Å²) in [5, 5.41) is 9.40. The lowest BCUT2D eigenvalue weighted by atomic mass is 10.2. The molecule has 3 rings (SSSR count). The second kappa shape index (κ2) is 5.16. The monoisotopic (exact) mass is 270 g/mol. The van der Waals surface area contributed by atoms with E-state index in [0.29, 0.717) is 6.54 Å². The Balaban J connectivity index is 1.99. The molecule has 1 aliphatic rings. The van der Waals surface area contributed by atoms with Gasteiger partial charge in [0.1, 0.15) is 5.69 Å². The van der Waals surface area contributed by atoms with Gasteiger partial charge < -0.3 is 10.2 Å². The average molecular weight is 270 g/mol. The zero-order chi connectivity index (χ0) is 13.9. The molecule has 6 heteroatoms. The molecule has 1 amide bonds. The van der Waals surface area contributed by atoms with Crippen LogP contribution in [0.15, 0.2) is 41.2 Å². The number of aromatic amines is 1. The molecule has 0 unspecified atom stereocenters. The van der Waals surface area contributed by atoms with Gasteiger partial charge in [0.05, 0.1) is 11.4 Å². The highest BCUT2D eigenvalue weighted by molar-refractivity contribution is 6.06. The van der Waals surface area contributed by atoms with E-state index in [9.17, 15) is 9.59 Å². The second-order valence-electron chi connectivity index (χ2n) is 4.56. The summed E-state index contributed by atoms with van der Waals surface area (Å²) in [6.45, 7) is 1.43. The number of hydrogen-bond acceptors (Lipinski definition) is 4. The van der Waals surface area contributed by atoms with Gasteiger partial charge in [-0.2, -0.15) is 5.10 Å². The number of H-pyrrole nitrogens is 1. The number of para-hydroxylation sites is 2. The first kappa shape index (κ1) is 12.4. The van der Waals surface area contributed by atoms with Crippen LogP contribution in [0.3, 0.4) is 0 Å². The minimum atomic E-state index is -0.320. The third-order valence-corrected chi connectivity index (χ3v) is 3.21. The molecular formula is C14H14N4O2. The first-order valence-electron chi connectivity index (χ1n) is 6.46. The first-order chi connectivity index (χ1) is 9.75. The molecule has 0 spiro atoms. The Hall–Kier alpha value is -2.63. The van der Waals surface area contributed by atoms with Crippen molar-refractivity contribution in [2.45, 2.75) is 6.42 Å². The molecule has 0 aliphatic carbocycles. The topological polar surface area (TPSA) is 78.1 Å². The van der Waals surface area contributed by atoms with Crippen LogP contribution < -0.4 is 15.8 Å². The van der Waals surface area contributed by atoms with E-state index in [1.165, 1.54) is 12.1 Å². The average Bonchev–Trinajstić information content (AvgIpc) is 2.69. The van der Waals surface area contributed by atoms with E-state index < -0.39 is 0 Å². The maximum absolute atomic E-state index is 12.5. The maximum Gasteiger partial charge on any atom is 0.278 e. The number of aromatic nitrogens is 2. The SMILES string of the molecule is O=C(c1ccc(=O)[nH]n1)N1CCCNc2ccccc21. The van der Waals surface area contributed by atoms with Crippen LogP contribution in [0.25, 0.3) is 0 Å². The number of benzene rings is 1. The van der Waals surface area contributed by atoms with E-state index in [-0.39, 0.29) is 17.2 Å². The van der Waals surface area contributed by atoms with Gasteiger partial charge in [-0.1, -0.05) is 12.1 Å². The Labute approximate surface area is 115 Å². The van der Waals surface area contributed by atoms with Gasteiger partial charge in [-0.05, 0) is 24.6 Å². The summed E-state index contributed by atoms with van der Waals surface area (Å²) in [5.74, 6) is -0.211. The Bertz CT molecular complexity index is 675. The lowest BCUT2D eigenvalue weighted by molar-refractivity contribution is 0.0981. The van der Waals surface area contributed by atoms with Crippen molar-refractivity contribution in [2.75, 3.05) is 23.3 Å². The highest BCUT2D eigenvalue weighted by atomic mass is 16.2. The Morgan fingerprint density at radius 1 is 1.20 bits per heavy atom. The molecule has 0 fully saturated rings. The molecule has 2 aromatic rings. The van der Waals surface area contributed by atoms with Gasteiger partial charge in [-0.15, -0.1) is 0 Å². The summed E-state index contributed by atoms with van der Waals surface area (Å²) in [4.78, 5) is 25.3. The molecule has 102 valence electrons. The number of anilines is 2. The number of rotatable bonds is 1. The third-order valence-electron chi connectivity index (χ3n) is 3.21. The number of amides is 1. The number of nitrogens with one attached hydrogen (secondary N) is 2. The van der Waals surface area contributed by atoms with Crippen LogP contribution in [0, 0.1) is 0 Å². The zero-order valence-corrected chi connectivity index (χ0v) is 10.8. The number of carbonyl (C=O) groups excluding carboxylic acids is 1. The fraction of sp³-hybridized carbons (Fsp3) is 0.214. The van der Waals surface area contributed by atoms with E-state index in [0.717, 1.165) is 24.3 Å². The molecule has 0 bridgehead atoms. The minimum absolute atomic E-state index is 0.211. The Kier molecular flexibility index (Phi) is 3.20. The van der Waals surface area contributed by atoms with Crippen LogP contribution in [0.2, 0.25) is 0 Å². The van der Waals surface area contributed by atoms with Gasteiger partial charge in [-0.3, -0.25) is 9.59 Å². The van der Waals surface area contributed by atoms with Gasteiger partial charge in [0.25, 0.3) is 11.5 Å². The molecule has 2 N–H and O–H groups in total. The maximum atomic E-state index is 12.5. The molecular weight excluding hydrogens is 256 g/mol. The van der Waals surface area contributed by atoms with Crippen LogP contribution in [0.1, 0.15) is 16.9 Å². The van der Waals surface area contributed by atoms with Gasteiger partial charge in [0, 0.05) is 19.2 Å². The van der Waals surface area contributed by atoms with Gasteiger partial charge in [0.2, 0.25) is 0 Å². The van der Waals surface area contributed by atoms with E-state index >= 15 is 0 Å². The molecule has 1 aromatic heterocycles. The lowest BCUT2D eigenvalue weighted by Gasteiger charge is -2.21. The van der Waals surface area contributed by atoms with Crippen LogP contribution in [-0.4, -0.2) is 29.2 Å². The van der Waals surface area contributed by atoms with Crippen molar-refractivity contribution in [2.24, 2.45) is 0 Å². The molecule has 0 saturated heterocycles. The van der Waals surface area contributed by atoms with Crippen molar-refractivity contribution in [1.82, 2.24) is 10.2 Å². The molecule has 20 heavy (non-hydrogen) atoms. The number of carbonyl (C=O) groups is 1. The number of hydrogen-bond donors (Lipinski definition) is 2. The largest absolute Gasteiger partial charge is 0.383 e. The van der Waals surface area contributed by atoms with E-state index in [1.54, 1.807) is 4.90 Å². The second-order valence-corrected chi connectivity index (χ2v) is 4.56. The summed E-state index contributed by atoms with van der Waals surface area (Å²) >= 11 is 0. The third kappa shape index (κ3) is 2.27. The molecule has 1 aromatic carbocycles.